The minimum Gasteiger partial charge on any atom is -0.328 e. The van der Waals surface area contributed by atoms with Crippen molar-refractivity contribution in [2.75, 3.05) is 0 Å². The van der Waals surface area contributed by atoms with Crippen molar-refractivity contribution in [1.29, 1.82) is 0 Å². The van der Waals surface area contributed by atoms with Gasteiger partial charge in [-0.25, -0.2) is 9.97 Å². The molecule has 1 atom stereocenters. The van der Waals surface area contributed by atoms with Crippen LogP contribution in [-0.2, 0) is 12.8 Å². The molecular weight excluding hydrogens is 212 g/mol. The Morgan fingerprint density at radius 3 is 2.76 bits per heavy atom. The number of imidazole rings is 1. The Bertz CT molecular complexity index is 470. The van der Waals surface area contributed by atoms with Gasteiger partial charge in [-0.3, -0.25) is 4.57 Å². The highest BCUT2D eigenvalue weighted by Gasteiger charge is 2.04. The molecule has 0 radical (unpaired) electrons. The fourth-order valence-corrected chi connectivity index (χ4v) is 1.86. The van der Waals surface area contributed by atoms with Gasteiger partial charge in [0, 0.05) is 31.1 Å². The Hall–Kier alpha value is -1.68. The summed E-state index contributed by atoms with van der Waals surface area (Å²) in [5, 5.41) is 0. The SMILES string of the molecule is CCc1nccn1-c1ccc(CC(C)N)cn1. The summed E-state index contributed by atoms with van der Waals surface area (Å²) in [6.45, 7) is 4.09. The summed E-state index contributed by atoms with van der Waals surface area (Å²) >= 11 is 0. The molecule has 0 saturated carbocycles. The van der Waals surface area contributed by atoms with Crippen LogP contribution in [0, 0.1) is 0 Å². The lowest BCUT2D eigenvalue weighted by Crippen LogP contribution is -2.17. The smallest absolute Gasteiger partial charge is 0.137 e. The minimum absolute atomic E-state index is 0.169. The summed E-state index contributed by atoms with van der Waals surface area (Å²) in [6, 6.07) is 4.26. The summed E-state index contributed by atoms with van der Waals surface area (Å²) in [7, 11) is 0. The van der Waals surface area contributed by atoms with Crippen molar-refractivity contribution in [1.82, 2.24) is 14.5 Å². The number of pyridine rings is 1. The zero-order valence-corrected chi connectivity index (χ0v) is 10.3. The minimum atomic E-state index is 0.169. The summed E-state index contributed by atoms with van der Waals surface area (Å²) < 4.78 is 2.01. The number of nitrogens with zero attached hydrogens (tertiary/aromatic N) is 3. The molecule has 2 rings (SSSR count). The van der Waals surface area contributed by atoms with Crippen LogP contribution in [0.2, 0.25) is 0 Å². The highest BCUT2D eigenvalue weighted by molar-refractivity contribution is 5.27. The number of aryl methyl sites for hydroxylation is 1. The van der Waals surface area contributed by atoms with Crippen molar-refractivity contribution in [3.05, 3.63) is 42.1 Å². The van der Waals surface area contributed by atoms with Crippen LogP contribution in [0.3, 0.4) is 0 Å². The molecule has 0 aromatic carbocycles. The molecule has 0 amide bonds. The molecule has 4 heteroatoms. The molecule has 0 aliphatic rings. The molecule has 1 unspecified atom stereocenters. The molecule has 0 saturated heterocycles. The van der Waals surface area contributed by atoms with E-state index in [0.717, 1.165) is 24.5 Å². The van der Waals surface area contributed by atoms with Gasteiger partial charge >= 0.3 is 0 Å². The van der Waals surface area contributed by atoms with Crippen molar-refractivity contribution >= 4 is 0 Å². The Labute approximate surface area is 102 Å². The van der Waals surface area contributed by atoms with Gasteiger partial charge in [-0.15, -0.1) is 0 Å². The zero-order valence-electron chi connectivity index (χ0n) is 10.3. The lowest BCUT2D eigenvalue weighted by Gasteiger charge is -2.08. The molecular formula is C13H18N4. The van der Waals surface area contributed by atoms with E-state index in [0.29, 0.717) is 0 Å². The quantitative estimate of drug-likeness (QED) is 0.870. The van der Waals surface area contributed by atoms with E-state index in [9.17, 15) is 0 Å². The first-order valence-electron chi connectivity index (χ1n) is 5.93. The average molecular weight is 230 g/mol. The number of aromatic nitrogens is 3. The third-order valence-electron chi connectivity index (χ3n) is 2.65. The topological polar surface area (TPSA) is 56.7 Å². The van der Waals surface area contributed by atoms with E-state index < -0.39 is 0 Å². The van der Waals surface area contributed by atoms with Crippen molar-refractivity contribution in [2.45, 2.75) is 32.7 Å². The molecule has 2 aromatic rings. The first-order valence-corrected chi connectivity index (χ1v) is 5.93. The highest BCUT2D eigenvalue weighted by Crippen LogP contribution is 2.10. The predicted octanol–water partition coefficient (Wildman–Crippen LogP) is 1.72. The second-order valence-corrected chi connectivity index (χ2v) is 4.27. The van der Waals surface area contributed by atoms with Gasteiger partial charge in [0.25, 0.3) is 0 Å². The maximum absolute atomic E-state index is 5.76. The Morgan fingerprint density at radius 1 is 1.35 bits per heavy atom. The van der Waals surface area contributed by atoms with Crippen LogP contribution in [0.4, 0.5) is 0 Å². The van der Waals surface area contributed by atoms with E-state index in [2.05, 4.69) is 23.0 Å². The number of rotatable bonds is 4. The van der Waals surface area contributed by atoms with Gasteiger partial charge < -0.3 is 5.73 Å². The molecule has 2 heterocycles. The first kappa shape index (κ1) is 11.8. The fraction of sp³-hybridized carbons (Fsp3) is 0.385. The molecule has 0 bridgehead atoms. The van der Waals surface area contributed by atoms with Gasteiger partial charge in [-0.05, 0) is 25.0 Å². The molecule has 0 aliphatic carbocycles. The largest absolute Gasteiger partial charge is 0.328 e. The fourth-order valence-electron chi connectivity index (χ4n) is 1.86. The van der Waals surface area contributed by atoms with Crippen LogP contribution < -0.4 is 5.73 Å². The lowest BCUT2D eigenvalue weighted by atomic mass is 10.1. The Balaban J connectivity index is 2.23. The van der Waals surface area contributed by atoms with E-state index in [1.54, 1.807) is 6.20 Å². The summed E-state index contributed by atoms with van der Waals surface area (Å²) in [4.78, 5) is 8.74. The third-order valence-corrected chi connectivity index (χ3v) is 2.65. The molecule has 0 aliphatic heterocycles. The third kappa shape index (κ3) is 2.71. The molecule has 2 aromatic heterocycles. The van der Waals surface area contributed by atoms with Crippen LogP contribution in [0.15, 0.2) is 30.7 Å². The van der Waals surface area contributed by atoms with Crippen molar-refractivity contribution in [3.8, 4) is 5.82 Å². The van der Waals surface area contributed by atoms with Gasteiger partial charge in [0.1, 0.15) is 11.6 Å². The molecule has 0 fully saturated rings. The molecule has 2 N–H and O–H groups in total. The van der Waals surface area contributed by atoms with E-state index in [1.807, 2.05) is 30.0 Å². The number of nitrogens with two attached hydrogens (primary N) is 1. The summed E-state index contributed by atoms with van der Waals surface area (Å²) in [5.74, 6) is 1.94. The number of hydrogen-bond donors (Lipinski definition) is 1. The number of hydrogen-bond acceptors (Lipinski definition) is 3. The highest BCUT2D eigenvalue weighted by atomic mass is 15.1. The van der Waals surface area contributed by atoms with Crippen LogP contribution in [0.25, 0.3) is 5.82 Å². The predicted molar refractivity (Wildman–Crippen MR) is 68.1 cm³/mol. The van der Waals surface area contributed by atoms with Crippen molar-refractivity contribution < 1.29 is 0 Å². The van der Waals surface area contributed by atoms with E-state index in [1.165, 1.54) is 5.56 Å². The van der Waals surface area contributed by atoms with Gasteiger partial charge in [0.15, 0.2) is 0 Å². The molecule has 90 valence electrons. The van der Waals surface area contributed by atoms with Crippen LogP contribution in [0.1, 0.15) is 25.2 Å². The van der Waals surface area contributed by atoms with E-state index >= 15 is 0 Å². The molecule has 4 nitrogen and oxygen atoms in total. The average Bonchev–Trinajstić information content (AvgIpc) is 2.77. The monoisotopic (exact) mass is 230 g/mol. The maximum atomic E-state index is 5.76. The van der Waals surface area contributed by atoms with Crippen molar-refractivity contribution in [3.63, 3.8) is 0 Å². The zero-order chi connectivity index (χ0) is 12.3. The lowest BCUT2D eigenvalue weighted by molar-refractivity contribution is 0.734. The standard InChI is InChI=1S/C13H18N4/c1-3-12-15-6-7-17(12)13-5-4-11(9-16-13)8-10(2)14/h4-7,9-10H,3,8,14H2,1-2H3. The van der Waals surface area contributed by atoms with E-state index in [4.69, 9.17) is 5.73 Å². The second kappa shape index (κ2) is 5.10. The normalized spacial score (nSPS) is 12.6. The maximum Gasteiger partial charge on any atom is 0.137 e. The Kier molecular flexibility index (Phi) is 3.54. The first-order chi connectivity index (χ1) is 8.20. The second-order valence-electron chi connectivity index (χ2n) is 4.27. The van der Waals surface area contributed by atoms with Crippen LogP contribution in [0.5, 0.6) is 0 Å². The van der Waals surface area contributed by atoms with Gasteiger partial charge in [0.2, 0.25) is 0 Å². The van der Waals surface area contributed by atoms with Crippen molar-refractivity contribution in [2.24, 2.45) is 5.73 Å². The van der Waals surface area contributed by atoms with Crippen LogP contribution >= 0.6 is 0 Å². The van der Waals surface area contributed by atoms with Crippen LogP contribution in [-0.4, -0.2) is 20.6 Å². The van der Waals surface area contributed by atoms with Gasteiger partial charge in [0.05, 0.1) is 0 Å². The van der Waals surface area contributed by atoms with Gasteiger partial charge in [-0.1, -0.05) is 13.0 Å². The molecule has 17 heavy (non-hydrogen) atoms. The summed E-state index contributed by atoms with van der Waals surface area (Å²) in [5.41, 5.74) is 6.93. The Morgan fingerprint density at radius 2 is 2.18 bits per heavy atom. The van der Waals surface area contributed by atoms with E-state index in [-0.39, 0.29) is 6.04 Å². The molecule has 0 spiro atoms. The summed E-state index contributed by atoms with van der Waals surface area (Å²) in [6.07, 6.45) is 7.38. The van der Waals surface area contributed by atoms with Gasteiger partial charge in [-0.2, -0.15) is 0 Å².